The van der Waals surface area contributed by atoms with Crippen LogP contribution < -0.4 is 5.32 Å². The summed E-state index contributed by atoms with van der Waals surface area (Å²) in [5.74, 6) is 0. The highest BCUT2D eigenvalue weighted by atomic mass is 35.5. The van der Waals surface area contributed by atoms with E-state index in [4.69, 9.17) is 11.6 Å². The molecular weight excluding hydrogens is 220 g/mol. The maximum Gasteiger partial charge on any atom is 0.0541 e. The van der Waals surface area contributed by atoms with Gasteiger partial charge in [-0.3, -0.25) is 4.98 Å². The normalized spacial score (nSPS) is 13.8. The molecule has 0 spiro atoms. The van der Waals surface area contributed by atoms with Gasteiger partial charge in [0.1, 0.15) is 0 Å². The molecule has 0 amide bonds. The number of hydrogen-bond donors (Lipinski definition) is 1. The van der Waals surface area contributed by atoms with Crippen LogP contribution in [0.4, 0.5) is 0 Å². The van der Waals surface area contributed by atoms with Crippen LogP contribution in [0.25, 0.3) is 0 Å². The van der Waals surface area contributed by atoms with Gasteiger partial charge >= 0.3 is 0 Å². The Hall–Kier alpha value is -0.600. The van der Waals surface area contributed by atoms with Crippen molar-refractivity contribution in [3.63, 3.8) is 0 Å². The number of hydrogen-bond acceptors (Lipinski definition) is 2. The highest BCUT2D eigenvalue weighted by Crippen LogP contribution is 2.23. The zero-order valence-electron chi connectivity index (χ0n) is 10.3. The molecule has 2 nitrogen and oxygen atoms in total. The van der Waals surface area contributed by atoms with Gasteiger partial charge < -0.3 is 5.32 Å². The molecule has 0 aliphatic carbocycles. The molecule has 1 unspecified atom stereocenters. The molecule has 0 saturated heterocycles. The number of alkyl halides is 1. The smallest absolute Gasteiger partial charge is 0.0541 e. The molecule has 0 saturated carbocycles. The average molecular weight is 241 g/mol. The fourth-order valence-electron chi connectivity index (χ4n) is 1.60. The molecule has 0 bridgehead atoms. The lowest BCUT2D eigenvalue weighted by Crippen LogP contribution is -2.26. The Morgan fingerprint density at radius 3 is 2.69 bits per heavy atom. The van der Waals surface area contributed by atoms with E-state index < -0.39 is 0 Å². The van der Waals surface area contributed by atoms with Crippen LogP contribution in [0.5, 0.6) is 0 Å². The van der Waals surface area contributed by atoms with Gasteiger partial charge in [-0.25, -0.2) is 0 Å². The van der Waals surface area contributed by atoms with Gasteiger partial charge in [0.2, 0.25) is 0 Å². The van der Waals surface area contributed by atoms with E-state index >= 15 is 0 Å². The maximum atomic E-state index is 6.25. The summed E-state index contributed by atoms with van der Waals surface area (Å²) in [6, 6.07) is 5.94. The molecule has 0 fully saturated rings. The molecule has 1 N–H and O–H groups in total. The number of nitrogens with one attached hydrogen (secondary N) is 1. The third-order valence-electron chi connectivity index (χ3n) is 2.23. The summed E-state index contributed by atoms with van der Waals surface area (Å²) in [6.07, 6.45) is 2.83. The minimum atomic E-state index is 0.184. The molecule has 1 atom stereocenters. The highest BCUT2D eigenvalue weighted by Gasteiger charge is 2.16. The number of aromatic nitrogens is 1. The molecule has 1 aromatic heterocycles. The van der Waals surface area contributed by atoms with Crippen LogP contribution in [0.1, 0.15) is 32.9 Å². The molecule has 3 heteroatoms. The van der Waals surface area contributed by atoms with E-state index in [1.807, 2.05) is 24.4 Å². The van der Waals surface area contributed by atoms with Crippen LogP contribution in [0.15, 0.2) is 24.4 Å². The second-order valence-electron chi connectivity index (χ2n) is 5.31. The van der Waals surface area contributed by atoms with Gasteiger partial charge in [0.15, 0.2) is 0 Å². The zero-order chi connectivity index (χ0) is 12.0. The van der Waals surface area contributed by atoms with Crippen LogP contribution in [0, 0.1) is 5.41 Å². The van der Waals surface area contributed by atoms with E-state index in [-0.39, 0.29) is 5.38 Å². The average Bonchev–Trinajstić information content (AvgIpc) is 2.16. The molecular formula is C13H21ClN2. The van der Waals surface area contributed by atoms with E-state index in [9.17, 15) is 0 Å². The lowest BCUT2D eigenvalue weighted by atomic mass is 9.90. The minimum absolute atomic E-state index is 0.184. The zero-order valence-corrected chi connectivity index (χ0v) is 11.1. The van der Waals surface area contributed by atoms with Crippen LogP contribution in [-0.4, -0.2) is 16.9 Å². The summed E-state index contributed by atoms with van der Waals surface area (Å²) in [4.78, 5) is 4.24. The minimum Gasteiger partial charge on any atom is -0.310 e. The van der Waals surface area contributed by atoms with Crippen molar-refractivity contribution < 1.29 is 0 Å². The van der Waals surface area contributed by atoms with Gasteiger partial charge in [-0.15, -0.1) is 11.6 Å². The molecule has 1 heterocycles. The summed E-state index contributed by atoms with van der Waals surface area (Å²) in [5, 5.41) is 3.51. The topological polar surface area (TPSA) is 24.9 Å². The Labute approximate surface area is 103 Å². The van der Waals surface area contributed by atoms with Gasteiger partial charge in [0, 0.05) is 24.7 Å². The predicted octanol–water partition coefficient (Wildman–Crippen LogP) is 3.21. The van der Waals surface area contributed by atoms with Crippen molar-refractivity contribution in [3.8, 4) is 0 Å². The van der Waals surface area contributed by atoms with Crippen molar-refractivity contribution in [2.24, 2.45) is 5.41 Å². The highest BCUT2D eigenvalue weighted by molar-refractivity contribution is 6.20. The number of nitrogens with zero attached hydrogens (tertiary/aromatic N) is 1. The molecule has 0 aliphatic rings. The van der Waals surface area contributed by atoms with Crippen molar-refractivity contribution in [2.45, 2.75) is 39.1 Å². The van der Waals surface area contributed by atoms with Crippen LogP contribution in [0.2, 0.25) is 0 Å². The van der Waals surface area contributed by atoms with Crippen molar-refractivity contribution in [1.82, 2.24) is 10.3 Å². The number of rotatable bonds is 5. The van der Waals surface area contributed by atoms with E-state index in [0.717, 1.165) is 25.2 Å². The first kappa shape index (κ1) is 13.5. The van der Waals surface area contributed by atoms with Gasteiger partial charge in [-0.1, -0.05) is 26.8 Å². The summed E-state index contributed by atoms with van der Waals surface area (Å²) in [6.45, 7) is 8.24. The second-order valence-corrected chi connectivity index (χ2v) is 5.93. The molecule has 1 rings (SSSR count). The Morgan fingerprint density at radius 1 is 1.38 bits per heavy atom. The summed E-state index contributed by atoms with van der Waals surface area (Å²) in [7, 11) is 0. The van der Waals surface area contributed by atoms with Crippen molar-refractivity contribution in [2.75, 3.05) is 6.54 Å². The molecule has 16 heavy (non-hydrogen) atoms. The third kappa shape index (κ3) is 6.09. The summed E-state index contributed by atoms with van der Waals surface area (Å²) in [5.41, 5.74) is 1.35. The molecule has 90 valence electrons. The summed E-state index contributed by atoms with van der Waals surface area (Å²) < 4.78 is 0. The maximum absolute atomic E-state index is 6.25. The van der Waals surface area contributed by atoms with Gasteiger partial charge in [-0.05, 0) is 24.0 Å². The molecule has 0 radical (unpaired) electrons. The van der Waals surface area contributed by atoms with Crippen LogP contribution in [-0.2, 0) is 6.54 Å². The Morgan fingerprint density at radius 2 is 2.12 bits per heavy atom. The van der Waals surface area contributed by atoms with E-state index in [0.29, 0.717) is 5.41 Å². The SMILES string of the molecule is CC(C)(C)CC(Cl)CNCc1ccccn1. The molecule has 0 aliphatic heterocycles. The van der Waals surface area contributed by atoms with Crippen molar-refractivity contribution in [3.05, 3.63) is 30.1 Å². The van der Waals surface area contributed by atoms with E-state index in [1.54, 1.807) is 0 Å². The first-order valence-corrected chi connectivity index (χ1v) is 6.16. The van der Waals surface area contributed by atoms with Crippen molar-refractivity contribution in [1.29, 1.82) is 0 Å². The van der Waals surface area contributed by atoms with Gasteiger partial charge in [-0.2, -0.15) is 0 Å². The molecule has 1 aromatic rings. The third-order valence-corrected chi connectivity index (χ3v) is 2.54. The van der Waals surface area contributed by atoms with E-state index in [2.05, 4.69) is 31.1 Å². The quantitative estimate of drug-likeness (QED) is 0.800. The standard InChI is InChI=1S/C13H21ClN2/c1-13(2,3)8-11(14)9-15-10-12-6-4-5-7-16-12/h4-7,11,15H,8-10H2,1-3H3. The van der Waals surface area contributed by atoms with Gasteiger partial charge in [0.05, 0.1) is 5.69 Å². The number of pyridine rings is 1. The monoisotopic (exact) mass is 240 g/mol. The number of halogens is 1. The fourth-order valence-corrected chi connectivity index (χ4v) is 2.17. The molecule has 0 aromatic carbocycles. The largest absolute Gasteiger partial charge is 0.310 e. The fraction of sp³-hybridized carbons (Fsp3) is 0.615. The first-order chi connectivity index (χ1) is 7.47. The lowest BCUT2D eigenvalue weighted by molar-refractivity contribution is 0.364. The van der Waals surface area contributed by atoms with Gasteiger partial charge in [0.25, 0.3) is 0 Å². The lowest BCUT2D eigenvalue weighted by Gasteiger charge is -2.21. The van der Waals surface area contributed by atoms with Crippen molar-refractivity contribution >= 4 is 11.6 Å². The Kier molecular flexibility index (Phi) is 5.23. The predicted molar refractivity (Wildman–Crippen MR) is 69.7 cm³/mol. The second kappa shape index (κ2) is 6.21. The Balaban J connectivity index is 2.21. The van der Waals surface area contributed by atoms with E-state index in [1.165, 1.54) is 0 Å². The first-order valence-electron chi connectivity index (χ1n) is 5.72. The summed E-state index contributed by atoms with van der Waals surface area (Å²) >= 11 is 6.25. The van der Waals surface area contributed by atoms with Crippen LogP contribution >= 0.6 is 11.6 Å². The van der Waals surface area contributed by atoms with Crippen LogP contribution in [0.3, 0.4) is 0 Å². The Bertz CT molecular complexity index is 293.